The Bertz CT molecular complexity index is 615. The monoisotopic (exact) mass is 367 g/mol. The molecule has 7 nitrogen and oxygen atoms in total. The highest BCUT2D eigenvalue weighted by molar-refractivity contribution is 6.69. The molecule has 2 rings (SSSR count). The van der Waals surface area contributed by atoms with E-state index in [1.165, 1.54) is 24.3 Å². The highest BCUT2D eigenvalue weighted by Crippen LogP contribution is 2.35. The van der Waals surface area contributed by atoms with Crippen LogP contribution in [0.1, 0.15) is 13.8 Å². The van der Waals surface area contributed by atoms with Gasteiger partial charge in [-0.2, -0.15) is 0 Å². The molecule has 0 unspecified atom stereocenters. The minimum atomic E-state index is -1.83. The van der Waals surface area contributed by atoms with Crippen LogP contribution in [0, 0.1) is 22.0 Å². The maximum absolute atomic E-state index is 11.5. The van der Waals surface area contributed by atoms with Gasteiger partial charge in [-0.3, -0.25) is 10.1 Å². The van der Waals surface area contributed by atoms with Gasteiger partial charge in [-0.1, -0.05) is 13.8 Å². The Morgan fingerprint density at radius 2 is 1.76 bits per heavy atom. The van der Waals surface area contributed by atoms with Crippen molar-refractivity contribution in [2.75, 3.05) is 0 Å². The second kappa shape index (κ2) is 7.63. The third kappa shape index (κ3) is 4.87. The summed E-state index contributed by atoms with van der Waals surface area (Å²) in [6.45, 7) is 10.2. The summed E-state index contributed by atoms with van der Waals surface area (Å²) in [5.74, 6) is 0.523. The SMILES string of the molecule is C[C@@H]1[C@@H](Oc2ccc([N+](=O)[O-])cc2)O[C@H](C=O)[C@@H](O[Si](C)(C)C)[C@@H]1C. The van der Waals surface area contributed by atoms with E-state index in [0.29, 0.717) is 5.75 Å². The lowest BCUT2D eigenvalue weighted by atomic mass is 9.85. The van der Waals surface area contributed by atoms with E-state index in [2.05, 4.69) is 19.6 Å². The minimum absolute atomic E-state index is 0.00672. The molecular formula is C17H25NO6Si. The molecular weight excluding hydrogens is 342 g/mol. The smallest absolute Gasteiger partial charge is 0.269 e. The van der Waals surface area contributed by atoms with Gasteiger partial charge in [-0.25, -0.2) is 0 Å². The molecule has 1 aromatic rings. The average molecular weight is 367 g/mol. The van der Waals surface area contributed by atoms with Gasteiger partial charge in [0.1, 0.15) is 11.9 Å². The summed E-state index contributed by atoms with van der Waals surface area (Å²) >= 11 is 0. The van der Waals surface area contributed by atoms with Crippen LogP contribution < -0.4 is 4.74 Å². The molecule has 0 aliphatic carbocycles. The van der Waals surface area contributed by atoms with Gasteiger partial charge in [0.15, 0.2) is 14.6 Å². The number of nitro groups is 1. The quantitative estimate of drug-likeness (QED) is 0.331. The molecule has 8 heteroatoms. The zero-order chi connectivity index (χ0) is 18.8. The number of nitro benzene ring substituents is 1. The number of hydrogen-bond donors (Lipinski definition) is 0. The lowest BCUT2D eigenvalue weighted by molar-refractivity contribution is -0.384. The predicted octanol–water partition coefficient (Wildman–Crippen LogP) is 3.39. The summed E-state index contributed by atoms with van der Waals surface area (Å²) < 4.78 is 17.8. The summed E-state index contributed by atoms with van der Waals surface area (Å²) in [5.41, 5.74) is -0.00676. The van der Waals surface area contributed by atoms with Gasteiger partial charge in [-0.15, -0.1) is 0 Å². The highest BCUT2D eigenvalue weighted by atomic mass is 28.4. The molecule has 138 valence electrons. The zero-order valence-electron chi connectivity index (χ0n) is 15.2. The molecule has 0 N–H and O–H groups in total. The fourth-order valence-electron chi connectivity index (χ4n) is 2.81. The summed E-state index contributed by atoms with van der Waals surface area (Å²) in [4.78, 5) is 21.8. The van der Waals surface area contributed by atoms with Gasteiger partial charge in [0.2, 0.25) is 6.29 Å². The fraction of sp³-hybridized carbons (Fsp3) is 0.588. The lowest BCUT2D eigenvalue weighted by Crippen LogP contribution is -2.55. The Labute approximate surface area is 148 Å². The molecule has 0 amide bonds. The normalized spacial score (nSPS) is 29.9. The minimum Gasteiger partial charge on any atom is -0.465 e. The molecule has 0 aromatic heterocycles. The molecule has 1 fully saturated rings. The topological polar surface area (TPSA) is 87.9 Å². The largest absolute Gasteiger partial charge is 0.465 e. The molecule has 1 heterocycles. The van der Waals surface area contributed by atoms with Crippen LogP contribution in [0.25, 0.3) is 0 Å². The van der Waals surface area contributed by atoms with E-state index in [1.54, 1.807) is 0 Å². The number of ether oxygens (including phenoxy) is 2. The lowest BCUT2D eigenvalue weighted by Gasteiger charge is -2.44. The number of rotatable bonds is 6. The average Bonchev–Trinajstić information content (AvgIpc) is 2.54. The molecule has 1 aliphatic rings. The van der Waals surface area contributed by atoms with Crippen molar-refractivity contribution < 1.29 is 23.6 Å². The van der Waals surface area contributed by atoms with Crippen molar-refractivity contribution >= 4 is 20.3 Å². The first-order chi connectivity index (χ1) is 11.6. The number of benzene rings is 1. The van der Waals surface area contributed by atoms with Crippen LogP contribution in [0.2, 0.25) is 19.6 Å². The Hall–Kier alpha value is -1.77. The first-order valence-corrected chi connectivity index (χ1v) is 11.7. The van der Waals surface area contributed by atoms with Crippen LogP contribution in [-0.4, -0.2) is 38.0 Å². The van der Waals surface area contributed by atoms with E-state index >= 15 is 0 Å². The van der Waals surface area contributed by atoms with Gasteiger partial charge >= 0.3 is 0 Å². The Morgan fingerprint density at radius 3 is 2.24 bits per heavy atom. The fourth-order valence-corrected chi connectivity index (χ4v) is 3.98. The first kappa shape index (κ1) is 19.6. The summed E-state index contributed by atoms with van der Waals surface area (Å²) in [5, 5.41) is 10.7. The van der Waals surface area contributed by atoms with Crippen molar-refractivity contribution in [3.63, 3.8) is 0 Å². The van der Waals surface area contributed by atoms with E-state index < -0.39 is 25.6 Å². The molecule has 1 aliphatic heterocycles. The van der Waals surface area contributed by atoms with Crippen LogP contribution in [0.15, 0.2) is 24.3 Å². The standard InChI is InChI=1S/C17H25NO6Si/c1-11-12(2)17(22-14-8-6-13(7-9-14)18(20)21)23-15(10-19)16(11)24-25(3,4)5/h6-12,15-17H,1-5H3/t11-,12+,15-,16+,17+/m1/s1. The van der Waals surface area contributed by atoms with Gasteiger partial charge in [0.05, 0.1) is 11.0 Å². The van der Waals surface area contributed by atoms with Gasteiger partial charge in [0.25, 0.3) is 5.69 Å². The maximum atomic E-state index is 11.5. The van der Waals surface area contributed by atoms with Gasteiger partial charge in [-0.05, 0) is 37.7 Å². The Morgan fingerprint density at radius 1 is 1.16 bits per heavy atom. The number of carbonyl (C=O) groups excluding carboxylic acids is 1. The molecule has 25 heavy (non-hydrogen) atoms. The van der Waals surface area contributed by atoms with Crippen LogP contribution in [0.3, 0.4) is 0 Å². The second-order valence-electron chi connectivity index (χ2n) is 7.39. The molecule has 1 aromatic carbocycles. The van der Waals surface area contributed by atoms with E-state index in [1.807, 2.05) is 13.8 Å². The van der Waals surface area contributed by atoms with Gasteiger partial charge in [0, 0.05) is 18.1 Å². The zero-order valence-corrected chi connectivity index (χ0v) is 16.2. The van der Waals surface area contributed by atoms with Crippen molar-refractivity contribution in [3.05, 3.63) is 34.4 Å². The van der Waals surface area contributed by atoms with E-state index in [9.17, 15) is 14.9 Å². The van der Waals surface area contributed by atoms with Crippen LogP contribution >= 0.6 is 0 Å². The predicted molar refractivity (Wildman–Crippen MR) is 95.0 cm³/mol. The van der Waals surface area contributed by atoms with Crippen LogP contribution in [-0.2, 0) is 14.0 Å². The van der Waals surface area contributed by atoms with E-state index in [-0.39, 0.29) is 23.6 Å². The molecule has 0 saturated carbocycles. The number of aldehydes is 1. The van der Waals surface area contributed by atoms with Crippen molar-refractivity contribution in [2.45, 2.75) is 52.0 Å². The Kier molecular flexibility index (Phi) is 5.97. The Balaban J connectivity index is 2.12. The molecule has 0 bridgehead atoms. The van der Waals surface area contributed by atoms with Crippen molar-refractivity contribution in [3.8, 4) is 5.75 Å². The molecule has 0 radical (unpaired) electrons. The summed E-state index contributed by atoms with van der Waals surface area (Å²) in [6, 6.07) is 5.81. The number of hydrogen-bond acceptors (Lipinski definition) is 6. The number of non-ortho nitro benzene ring substituents is 1. The number of nitrogens with zero attached hydrogens (tertiary/aromatic N) is 1. The van der Waals surface area contributed by atoms with Gasteiger partial charge < -0.3 is 18.7 Å². The van der Waals surface area contributed by atoms with E-state index in [0.717, 1.165) is 6.29 Å². The molecule has 1 saturated heterocycles. The second-order valence-corrected chi connectivity index (χ2v) is 11.8. The first-order valence-electron chi connectivity index (χ1n) is 8.32. The third-order valence-electron chi connectivity index (χ3n) is 4.32. The van der Waals surface area contributed by atoms with Crippen molar-refractivity contribution in [2.24, 2.45) is 11.8 Å². The maximum Gasteiger partial charge on any atom is 0.269 e. The molecule has 5 atom stereocenters. The van der Waals surface area contributed by atoms with Crippen LogP contribution in [0.4, 0.5) is 5.69 Å². The number of carbonyl (C=O) groups is 1. The van der Waals surface area contributed by atoms with Crippen molar-refractivity contribution in [1.82, 2.24) is 0 Å². The van der Waals surface area contributed by atoms with Crippen molar-refractivity contribution in [1.29, 1.82) is 0 Å². The highest BCUT2D eigenvalue weighted by Gasteiger charge is 2.44. The third-order valence-corrected chi connectivity index (χ3v) is 5.29. The summed E-state index contributed by atoms with van der Waals surface area (Å²) in [6.07, 6.45) is -0.843. The van der Waals surface area contributed by atoms with Crippen LogP contribution in [0.5, 0.6) is 5.75 Å². The van der Waals surface area contributed by atoms with E-state index in [4.69, 9.17) is 13.9 Å². The molecule has 0 spiro atoms. The summed E-state index contributed by atoms with van der Waals surface area (Å²) in [7, 11) is -1.83.